The number of hydrogen-bond donors (Lipinski definition) is 2. The molecule has 2 aliphatic heterocycles. The van der Waals surface area contributed by atoms with Crippen molar-refractivity contribution >= 4 is 37.4 Å². The topological polar surface area (TPSA) is 115 Å². The number of carbonyl (C=O) groups is 1. The summed E-state index contributed by atoms with van der Waals surface area (Å²) < 4.78 is 38.7. The van der Waals surface area contributed by atoms with Crippen molar-refractivity contribution in [1.82, 2.24) is 20.0 Å². The van der Waals surface area contributed by atoms with Gasteiger partial charge in [-0.1, -0.05) is 35.0 Å². The Hall–Kier alpha value is -2.93. The maximum atomic E-state index is 12.5. The Bertz CT molecular complexity index is 1520. The number of aryl methyl sites for hydroxylation is 1. The highest BCUT2D eigenvalue weighted by atomic mass is 79.9. The Morgan fingerprint density at radius 1 is 1.14 bits per heavy atom. The maximum Gasteiger partial charge on any atom is 0.343 e. The van der Waals surface area contributed by atoms with E-state index in [0.29, 0.717) is 11.4 Å². The van der Waals surface area contributed by atoms with Gasteiger partial charge in [0.1, 0.15) is 5.75 Å². The van der Waals surface area contributed by atoms with Crippen molar-refractivity contribution in [3.8, 4) is 17.0 Å². The number of likely N-dealkylation sites (tertiary alicyclic amines) is 1. The first-order chi connectivity index (χ1) is 20.8. The summed E-state index contributed by atoms with van der Waals surface area (Å²) in [6.45, 7) is 6.96. The van der Waals surface area contributed by atoms with Crippen LogP contribution in [0.3, 0.4) is 0 Å². The van der Waals surface area contributed by atoms with Crippen molar-refractivity contribution in [2.24, 2.45) is 0 Å². The number of carbonyl (C=O) groups excluding carboxylic acids is 1. The van der Waals surface area contributed by atoms with Crippen molar-refractivity contribution < 1.29 is 22.7 Å². The molecule has 1 saturated heterocycles. The van der Waals surface area contributed by atoms with Gasteiger partial charge < -0.3 is 25.0 Å². The summed E-state index contributed by atoms with van der Waals surface area (Å²) in [7, 11) is -2.08. The molecule has 10 nitrogen and oxygen atoms in total. The molecule has 232 valence electrons. The molecule has 0 saturated carbocycles. The standard InChI is InChI=1S/C31H40BrN5O5S/c1-3-43(39,40)25-9-10-29(42-21-30(38)41-2)27(19-25)34-24-12-17-36(18-13-24)15-4-16-37-28-11-14-33-20-26(28)31(35-37)22-5-7-23(32)8-6-22/h5-10,19,24,33-34H,3-4,11-18,20-21H2,1-2H3. The number of benzene rings is 2. The number of nitrogens with one attached hydrogen (secondary N) is 2. The molecule has 2 N–H and O–H groups in total. The first-order valence-corrected chi connectivity index (χ1v) is 17.3. The number of nitrogens with zero attached hydrogens (tertiary/aromatic N) is 3. The summed E-state index contributed by atoms with van der Waals surface area (Å²) in [6.07, 6.45) is 3.83. The third-order valence-corrected chi connectivity index (χ3v) is 10.4. The van der Waals surface area contributed by atoms with Crippen molar-refractivity contribution in [3.63, 3.8) is 0 Å². The minimum atomic E-state index is -3.39. The van der Waals surface area contributed by atoms with Crippen molar-refractivity contribution in [1.29, 1.82) is 0 Å². The number of ether oxygens (including phenoxy) is 2. The average Bonchev–Trinajstić information content (AvgIpc) is 3.40. The fraction of sp³-hybridized carbons (Fsp3) is 0.484. The molecule has 0 amide bonds. The summed E-state index contributed by atoms with van der Waals surface area (Å²) in [4.78, 5) is 14.4. The Balaban J connectivity index is 1.17. The fourth-order valence-corrected chi connectivity index (χ4v) is 6.88. The first kappa shape index (κ1) is 31.5. The lowest BCUT2D eigenvalue weighted by atomic mass is 10.0. The Morgan fingerprint density at radius 3 is 2.63 bits per heavy atom. The second-order valence-corrected chi connectivity index (χ2v) is 14.2. The molecule has 43 heavy (non-hydrogen) atoms. The van der Waals surface area contributed by atoms with E-state index in [9.17, 15) is 13.2 Å². The summed E-state index contributed by atoms with van der Waals surface area (Å²) in [5.74, 6) is -0.0544. The van der Waals surface area contributed by atoms with Crippen molar-refractivity contribution in [2.75, 3.05) is 51.0 Å². The lowest BCUT2D eigenvalue weighted by molar-refractivity contribution is -0.142. The summed E-state index contributed by atoms with van der Waals surface area (Å²) in [5, 5.41) is 12.0. The van der Waals surface area contributed by atoms with Crippen LogP contribution in [0.5, 0.6) is 5.75 Å². The van der Waals surface area contributed by atoms with Gasteiger partial charge in [0, 0.05) is 66.5 Å². The minimum Gasteiger partial charge on any atom is -0.480 e. The van der Waals surface area contributed by atoms with Crippen molar-refractivity contribution in [3.05, 3.63) is 58.2 Å². The molecule has 0 radical (unpaired) electrons. The molecule has 12 heteroatoms. The number of sulfone groups is 1. The molecule has 0 bridgehead atoms. The second-order valence-electron chi connectivity index (χ2n) is 11.0. The van der Waals surface area contributed by atoms with E-state index in [0.717, 1.165) is 80.7 Å². The molecule has 0 atom stereocenters. The number of methoxy groups -OCH3 is 1. The number of fused-ring (bicyclic) bond motifs is 1. The molecular weight excluding hydrogens is 634 g/mol. The molecule has 3 heterocycles. The van der Waals surface area contributed by atoms with Gasteiger partial charge in [-0.05, 0) is 56.1 Å². The van der Waals surface area contributed by atoms with E-state index < -0.39 is 15.8 Å². The number of rotatable bonds is 12. The SMILES string of the molecule is CCS(=O)(=O)c1ccc(OCC(=O)OC)c(NC2CCN(CCCn3nc(-c4ccc(Br)cc4)c4c3CCNC4)CC2)c1. The van der Waals surface area contributed by atoms with Gasteiger partial charge in [-0.3, -0.25) is 4.68 Å². The Kier molecular flexibility index (Phi) is 10.4. The third-order valence-electron chi connectivity index (χ3n) is 8.18. The second kappa shape index (κ2) is 14.2. The van der Waals surface area contributed by atoms with Gasteiger partial charge in [0.2, 0.25) is 0 Å². The first-order valence-electron chi connectivity index (χ1n) is 14.9. The highest BCUT2D eigenvalue weighted by molar-refractivity contribution is 9.10. The lowest BCUT2D eigenvalue weighted by Gasteiger charge is -2.33. The van der Waals surface area contributed by atoms with Gasteiger partial charge in [-0.2, -0.15) is 5.10 Å². The summed E-state index contributed by atoms with van der Waals surface area (Å²) >= 11 is 3.53. The van der Waals surface area contributed by atoms with Crippen molar-refractivity contribution in [2.45, 2.75) is 56.6 Å². The van der Waals surface area contributed by atoms with Crippen LogP contribution in [0.4, 0.5) is 5.69 Å². The molecule has 0 unspecified atom stereocenters. The molecule has 2 aliphatic rings. The predicted molar refractivity (Wildman–Crippen MR) is 170 cm³/mol. The van der Waals surface area contributed by atoms with E-state index in [1.165, 1.54) is 24.4 Å². The monoisotopic (exact) mass is 673 g/mol. The van der Waals surface area contributed by atoms with E-state index >= 15 is 0 Å². The fourth-order valence-electron chi connectivity index (χ4n) is 5.71. The van der Waals surface area contributed by atoms with Gasteiger partial charge >= 0.3 is 5.97 Å². The molecule has 3 aromatic rings. The van der Waals surface area contributed by atoms with Crippen LogP contribution in [-0.4, -0.2) is 80.8 Å². The quantitative estimate of drug-likeness (QED) is 0.272. The maximum absolute atomic E-state index is 12.5. The minimum absolute atomic E-state index is 0.0109. The summed E-state index contributed by atoms with van der Waals surface area (Å²) in [5.41, 5.74) is 5.46. The van der Waals surface area contributed by atoms with E-state index in [-0.39, 0.29) is 23.3 Å². The van der Waals surface area contributed by atoms with Crippen LogP contribution in [0, 0.1) is 0 Å². The number of aromatic nitrogens is 2. The zero-order chi connectivity index (χ0) is 30.4. The highest BCUT2D eigenvalue weighted by Crippen LogP contribution is 2.31. The van der Waals surface area contributed by atoms with E-state index in [4.69, 9.17) is 9.84 Å². The summed E-state index contributed by atoms with van der Waals surface area (Å²) in [6, 6.07) is 13.3. The smallest absolute Gasteiger partial charge is 0.343 e. The van der Waals surface area contributed by atoms with Crippen LogP contribution in [0.15, 0.2) is 51.8 Å². The van der Waals surface area contributed by atoms with Gasteiger partial charge in [0.25, 0.3) is 0 Å². The normalized spacial score (nSPS) is 16.1. The zero-order valence-corrected chi connectivity index (χ0v) is 27.2. The van der Waals surface area contributed by atoms with Gasteiger partial charge in [0.15, 0.2) is 16.4 Å². The van der Waals surface area contributed by atoms with Crippen LogP contribution in [0.25, 0.3) is 11.3 Å². The Labute approximate surface area is 262 Å². The zero-order valence-electron chi connectivity index (χ0n) is 24.8. The molecule has 0 aliphatic carbocycles. The molecule has 0 spiro atoms. The number of esters is 1. The van der Waals surface area contributed by atoms with Crippen LogP contribution < -0.4 is 15.4 Å². The molecular formula is C31H40BrN5O5S. The number of piperidine rings is 1. The van der Waals surface area contributed by atoms with Crippen LogP contribution in [-0.2, 0) is 38.9 Å². The average molecular weight is 675 g/mol. The number of hydrogen-bond acceptors (Lipinski definition) is 9. The molecule has 2 aromatic carbocycles. The number of anilines is 1. The molecule has 1 aromatic heterocycles. The largest absolute Gasteiger partial charge is 0.480 e. The third kappa shape index (κ3) is 7.78. The molecule has 1 fully saturated rings. The highest BCUT2D eigenvalue weighted by Gasteiger charge is 2.24. The predicted octanol–water partition coefficient (Wildman–Crippen LogP) is 4.27. The van der Waals surface area contributed by atoms with Crippen LogP contribution in [0.2, 0.25) is 0 Å². The van der Waals surface area contributed by atoms with Gasteiger partial charge in [-0.25, -0.2) is 13.2 Å². The van der Waals surface area contributed by atoms with Crippen LogP contribution in [0.1, 0.15) is 37.4 Å². The van der Waals surface area contributed by atoms with Crippen LogP contribution >= 0.6 is 15.9 Å². The van der Waals surface area contributed by atoms with E-state index in [1.807, 2.05) is 0 Å². The van der Waals surface area contributed by atoms with E-state index in [1.54, 1.807) is 19.1 Å². The number of halogens is 1. The van der Waals surface area contributed by atoms with Gasteiger partial charge in [-0.15, -0.1) is 0 Å². The van der Waals surface area contributed by atoms with E-state index in [2.05, 4.69) is 65.1 Å². The van der Waals surface area contributed by atoms with Gasteiger partial charge in [0.05, 0.1) is 29.1 Å². The molecule has 5 rings (SSSR count). The lowest BCUT2D eigenvalue weighted by Crippen LogP contribution is -2.39. The Morgan fingerprint density at radius 2 is 1.91 bits per heavy atom.